The summed E-state index contributed by atoms with van der Waals surface area (Å²) in [6.45, 7) is 9.46. The Balaban J connectivity index is 1.06. The summed E-state index contributed by atoms with van der Waals surface area (Å²) in [7, 11) is 0. The fourth-order valence-electron chi connectivity index (χ4n) is 11.0. The number of benzene rings is 9. The lowest BCUT2D eigenvalue weighted by molar-refractivity contribution is 0.660. The molecule has 0 spiro atoms. The van der Waals surface area contributed by atoms with Crippen LogP contribution in [0.4, 0.5) is 17.1 Å². The molecule has 2 heteroatoms. The molecule has 0 atom stereocenters. The van der Waals surface area contributed by atoms with Crippen LogP contribution in [0.3, 0.4) is 0 Å². The molecule has 0 saturated heterocycles. The van der Waals surface area contributed by atoms with Crippen molar-refractivity contribution in [2.45, 2.75) is 38.5 Å². The molecule has 10 aromatic rings. The minimum Gasteiger partial charge on any atom is -0.309 e. The van der Waals surface area contributed by atoms with Crippen molar-refractivity contribution >= 4 is 38.9 Å². The zero-order valence-corrected chi connectivity index (χ0v) is 35.5. The van der Waals surface area contributed by atoms with Gasteiger partial charge in [0.15, 0.2) is 0 Å². The largest absolute Gasteiger partial charge is 0.309 e. The second-order valence-corrected chi connectivity index (χ2v) is 18.1. The maximum absolute atomic E-state index is 2.53. The predicted molar refractivity (Wildman–Crippen MR) is 261 cm³/mol. The Labute approximate surface area is 364 Å². The summed E-state index contributed by atoms with van der Waals surface area (Å²) in [5.41, 5.74) is 22.4. The van der Waals surface area contributed by atoms with Crippen LogP contribution in [-0.4, -0.2) is 4.57 Å². The van der Waals surface area contributed by atoms with Gasteiger partial charge in [-0.25, -0.2) is 0 Å². The molecule has 0 N–H and O–H groups in total. The SMILES string of the molecule is CC1(C)c2ccccc2-c2c(-c3cccc(N(c4ccccc4-c4ccc(-n5c6ccccc6c6ccccc65)cc4)c4cccc5c4-c4ccccc4C5(C)C)c3)cccc21. The first-order valence-electron chi connectivity index (χ1n) is 21.9. The highest BCUT2D eigenvalue weighted by Gasteiger charge is 2.39. The van der Waals surface area contributed by atoms with Gasteiger partial charge in [-0.1, -0.05) is 185 Å². The lowest BCUT2D eigenvalue weighted by atomic mass is 9.82. The van der Waals surface area contributed by atoms with E-state index in [2.05, 4.69) is 243 Å². The van der Waals surface area contributed by atoms with Gasteiger partial charge in [-0.3, -0.25) is 0 Å². The zero-order chi connectivity index (χ0) is 41.7. The quantitative estimate of drug-likeness (QED) is 0.163. The summed E-state index contributed by atoms with van der Waals surface area (Å²) in [6.07, 6.45) is 0. The lowest BCUT2D eigenvalue weighted by Gasteiger charge is -2.31. The number of hydrogen-bond donors (Lipinski definition) is 0. The van der Waals surface area contributed by atoms with Crippen LogP contribution in [-0.2, 0) is 10.8 Å². The average Bonchev–Trinajstić information content (AvgIpc) is 3.87. The van der Waals surface area contributed by atoms with Crippen molar-refractivity contribution in [3.8, 4) is 50.2 Å². The van der Waals surface area contributed by atoms with E-state index < -0.39 is 0 Å². The third-order valence-electron chi connectivity index (χ3n) is 14.0. The van der Waals surface area contributed by atoms with Crippen molar-refractivity contribution in [1.82, 2.24) is 4.57 Å². The number of fused-ring (bicyclic) bond motifs is 9. The monoisotopic (exact) mass is 794 g/mol. The van der Waals surface area contributed by atoms with Gasteiger partial charge in [-0.15, -0.1) is 0 Å². The molecule has 0 bridgehead atoms. The number of aromatic nitrogens is 1. The molecular formula is C60H46N2. The van der Waals surface area contributed by atoms with E-state index >= 15 is 0 Å². The molecule has 0 amide bonds. The van der Waals surface area contributed by atoms with Crippen molar-refractivity contribution in [3.63, 3.8) is 0 Å². The van der Waals surface area contributed by atoms with Crippen LogP contribution in [0.2, 0.25) is 0 Å². The number of nitrogens with zero attached hydrogens (tertiary/aromatic N) is 2. The molecule has 1 heterocycles. The number of para-hydroxylation sites is 3. The van der Waals surface area contributed by atoms with E-state index in [-0.39, 0.29) is 10.8 Å². The summed E-state index contributed by atoms with van der Waals surface area (Å²) >= 11 is 0. The molecule has 62 heavy (non-hydrogen) atoms. The van der Waals surface area contributed by atoms with E-state index in [0.717, 1.165) is 17.1 Å². The highest BCUT2D eigenvalue weighted by atomic mass is 15.1. The Bertz CT molecular complexity index is 3360. The summed E-state index contributed by atoms with van der Waals surface area (Å²) in [6, 6.07) is 76.5. The standard InChI is InChI=1S/C60H46N2/c1-59(2)49-26-10-5-23-47(49)57-44(25-16-28-51(57)59)40-18-15-19-42(38-40)62(56-33-17-29-52-58(56)48-24-6-11-27-50(48)60(52,3)4)53-30-12-7-20-43(53)39-34-36-41(37-35-39)61-54-31-13-8-21-45(54)46-22-9-14-32-55(46)61/h5-38H,1-4H3. The average molecular weight is 795 g/mol. The fraction of sp³-hybridized carbons (Fsp3) is 0.100. The molecule has 0 radical (unpaired) electrons. The molecule has 2 nitrogen and oxygen atoms in total. The van der Waals surface area contributed by atoms with Gasteiger partial charge in [-0.2, -0.15) is 0 Å². The maximum Gasteiger partial charge on any atom is 0.0543 e. The van der Waals surface area contributed by atoms with Crippen LogP contribution in [0, 0.1) is 0 Å². The molecule has 2 aliphatic rings. The molecular weight excluding hydrogens is 749 g/mol. The Morgan fingerprint density at radius 1 is 0.355 bits per heavy atom. The smallest absolute Gasteiger partial charge is 0.0543 e. The Hall–Kier alpha value is -7.42. The van der Waals surface area contributed by atoms with Crippen LogP contribution in [0.5, 0.6) is 0 Å². The van der Waals surface area contributed by atoms with Crippen molar-refractivity contribution in [2.24, 2.45) is 0 Å². The molecule has 0 aliphatic heterocycles. The minimum absolute atomic E-state index is 0.0770. The van der Waals surface area contributed by atoms with E-state index in [0.29, 0.717) is 0 Å². The topological polar surface area (TPSA) is 8.17 Å². The molecule has 0 fully saturated rings. The Morgan fingerprint density at radius 3 is 1.52 bits per heavy atom. The van der Waals surface area contributed by atoms with Gasteiger partial charge in [0.05, 0.1) is 22.4 Å². The van der Waals surface area contributed by atoms with Gasteiger partial charge in [-0.05, 0) is 104 Å². The molecule has 2 aliphatic carbocycles. The number of rotatable bonds is 6. The van der Waals surface area contributed by atoms with Gasteiger partial charge < -0.3 is 9.47 Å². The first-order chi connectivity index (χ1) is 30.3. The van der Waals surface area contributed by atoms with Crippen LogP contribution < -0.4 is 4.90 Å². The van der Waals surface area contributed by atoms with E-state index in [4.69, 9.17) is 0 Å². The van der Waals surface area contributed by atoms with Gasteiger partial charge >= 0.3 is 0 Å². The van der Waals surface area contributed by atoms with Crippen molar-refractivity contribution in [1.29, 1.82) is 0 Å². The molecule has 1 aromatic heterocycles. The highest BCUT2D eigenvalue weighted by Crippen LogP contribution is 2.56. The van der Waals surface area contributed by atoms with Gasteiger partial charge in [0.1, 0.15) is 0 Å². The summed E-state index contributed by atoms with van der Waals surface area (Å²) < 4.78 is 2.39. The zero-order valence-electron chi connectivity index (χ0n) is 35.5. The molecule has 296 valence electrons. The molecule has 9 aromatic carbocycles. The molecule has 12 rings (SSSR count). The second-order valence-electron chi connectivity index (χ2n) is 18.1. The van der Waals surface area contributed by atoms with Crippen LogP contribution in [0.15, 0.2) is 206 Å². The predicted octanol–water partition coefficient (Wildman–Crippen LogP) is 16.2. The Morgan fingerprint density at radius 2 is 0.839 bits per heavy atom. The third-order valence-corrected chi connectivity index (χ3v) is 14.0. The third kappa shape index (κ3) is 5.23. The second kappa shape index (κ2) is 13.5. The first kappa shape index (κ1) is 36.4. The van der Waals surface area contributed by atoms with E-state index in [9.17, 15) is 0 Å². The van der Waals surface area contributed by atoms with Crippen LogP contribution in [0.1, 0.15) is 49.9 Å². The summed E-state index contributed by atoms with van der Waals surface area (Å²) in [5.74, 6) is 0. The normalized spacial score (nSPS) is 14.1. The minimum atomic E-state index is -0.137. The van der Waals surface area contributed by atoms with Crippen LogP contribution >= 0.6 is 0 Å². The van der Waals surface area contributed by atoms with Crippen molar-refractivity contribution in [2.75, 3.05) is 4.90 Å². The van der Waals surface area contributed by atoms with Gasteiger partial charge in [0, 0.05) is 44.1 Å². The number of hydrogen-bond acceptors (Lipinski definition) is 1. The van der Waals surface area contributed by atoms with E-state index in [1.165, 1.54) is 94.3 Å². The van der Waals surface area contributed by atoms with Crippen molar-refractivity contribution < 1.29 is 0 Å². The van der Waals surface area contributed by atoms with Crippen LogP contribution in [0.25, 0.3) is 72.0 Å². The summed E-state index contributed by atoms with van der Waals surface area (Å²) in [4.78, 5) is 2.53. The highest BCUT2D eigenvalue weighted by molar-refractivity contribution is 6.09. The van der Waals surface area contributed by atoms with E-state index in [1.807, 2.05) is 0 Å². The van der Waals surface area contributed by atoms with Gasteiger partial charge in [0.25, 0.3) is 0 Å². The fourth-order valence-corrected chi connectivity index (χ4v) is 11.0. The molecule has 0 unspecified atom stereocenters. The Kier molecular flexibility index (Phi) is 7.96. The lowest BCUT2D eigenvalue weighted by Crippen LogP contribution is -2.16. The van der Waals surface area contributed by atoms with E-state index in [1.54, 1.807) is 0 Å². The first-order valence-corrected chi connectivity index (χ1v) is 21.9. The van der Waals surface area contributed by atoms with Crippen molar-refractivity contribution in [3.05, 3.63) is 229 Å². The summed E-state index contributed by atoms with van der Waals surface area (Å²) in [5, 5.41) is 2.54. The molecule has 0 saturated carbocycles. The van der Waals surface area contributed by atoms with Gasteiger partial charge in [0.2, 0.25) is 0 Å². The number of anilines is 3. The maximum atomic E-state index is 2.53.